The Hall–Kier alpha value is -2.63. The third-order valence-electron chi connectivity index (χ3n) is 5.04. The van der Waals surface area contributed by atoms with E-state index >= 15 is 0 Å². The van der Waals surface area contributed by atoms with E-state index in [1.807, 2.05) is 36.4 Å². The van der Waals surface area contributed by atoms with Crippen molar-refractivity contribution in [3.05, 3.63) is 76.8 Å². The van der Waals surface area contributed by atoms with E-state index in [1.54, 1.807) is 6.20 Å². The first-order chi connectivity index (χ1) is 14.6. The van der Waals surface area contributed by atoms with Crippen LogP contribution in [0.4, 0.5) is 0 Å². The van der Waals surface area contributed by atoms with Crippen LogP contribution in [0.3, 0.4) is 0 Å². The van der Waals surface area contributed by atoms with Gasteiger partial charge < -0.3 is 9.73 Å². The zero-order chi connectivity index (χ0) is 21.3. The Balaban J connectivity index is 1.48. The van der Waals surface area contributed by atoms with Crippen LogP contribution in [0.1, 0.15) is 37.3 Å². The second-order valence-electron chi connectivity index (χ2n) is 7.16. The van der Waals surface area contributed by atoms with Crippen LogP contribution in [0, 0.1) is 0 Å². The topological polar surface area (TPSA) is 58.4 Å². The van der Waals surface area contributed by atoms with Crippen LogP contribution in [-0.2, 0) is 24.3 Å². The Morgan fingerprint density at radius 1 is 1.10 bits per heavy atom. The molecular formula is C24H28ClN3O2. The molecule has 30 heavy (non-hydrogen) atoms. The van der Waals surface area contributed by atoms with Gasteiger partial charge in [-0.25, -0.2) is 4.98 Å². The summed E-state index contributed by atoms with van der Waals surface area (Å²) < 4.78 is 5.76. The first-order valence-corrected chi connectivity index (χ1v) is 10.7. The molecule has 0 saturated heterocycles. The quantitative estimate of drug-likeness (QED) is 0.491. The number of nitrogens with zero attached hydrogens (tertiary/aromatic N) is 2. The van der Waals surface area contributed by atoms with Crippen molar-refractivity contribution in [3.63, 3.8) is 0 Å². The van der Waals surface area contributed by atoms with Crippen molar-refractivity contribution in [2.45, 2.75) is 39.8 Å². The summed E-state index contributed by atoms with van der Waals surface area (Å²) >= 11 is 6.20. The van der Waals surface area contributed by atoms with Crippen molar-refractivity contribution in [1.29, 1.82) is 0 Å². The zero-order valence-corrected chi connectivity index (χ0v) is 18.3. The van der Waals surface area contributed by atoms with Crippen LogP contribution in [0.2, 0.25) is 5.02 Å². The summed E-state index contributed by atoms with van der Waals surface area (Å²) in [5.41, 5.74) is 3.16. The van der Waals surface area contributed by atoms with Crippen LogP contribution < -0.4 is 5.32 Å². The molecule has 0 aliphatic heterocycles. The minimum Gasteiger partial charge on any atom is -0.441 e. The molecule has 1 heterocycles. The Bertz CT molecular complexity index is 966. The first kappa shape index (κ1) is 22.1. The number of rotatable bonds is 10. The summed E-state index contributed by atoms with van der Waals surface area (Å²) in [6, 6.07) is 15.8. The fourth-order valence-corrected chi connectivity index (χ4v) is 3.49. The lowest BCUT2D eigenvalue weighted by molar-refractivity contribution is -0.121. The lowest BCUT2D eigenvalue weighted by Crippen LogP contribution is -2.24. The van der Waals surface area contributed by atoms with Crippen LogP contribution >= 0.6 is 11.6 Å². The van der Waals surface area contributed by atoms with Gasteiger partial charge in [-0.3, -0.25) is 9.69 Å². The van der Waals surface area contributed by atoms with Crippen LogP contribution in [0.5, 0.6) is 0 Å². The van der Waals surface area contributed by atoms with Gasteiger partial charge in [0.25, 0.3) is 0 Å². The number of aromatic nitrogens is 1. The SMILES string of the molecule is CCN(CC)Cc1cccc(CNC(=O)CCc2ncc(-c3ccccc3Cl)o2)c1. The maximum absolute atomic E-state index is 12.3. The van der Waals surface area contributed by atoms with Gasteiger partial charge in [-0.2, -0.15) is 0 Å². The summed E-state index contributed by atoms with van der Waals surface area (Å²) in [4.78, 5) is 18.9. The normalized spacial score (nSPS) is 11.1. The molecule has 0 aliphatic carbocycles. The molecule has 1 N–H and O–H groups in total. The highest BCUT2D eigenvalue weighted by Gasteiger charge is 2.11. The lowest BCUT2D eigenvalue weighted by Gasteiger charge is -2.18. The number of carbonyl (C=O) groups is 1. The molecule has 3 rings (SSSR count). The van der Waals surface area contributed by atoms with Crippen molar-refractivity contribution in [1.82, 2.24) is 15.2 Å². The third-order valence-corrected chi connectivity index (χ3v) is 5.37. The summed E-state index contributed by atoms with van der Waals surface area (Å²) in [6.07, 6.45) is 2.41. The van der Waals surface area contributed by atoms with Gasteiger partial charge in [0.15, 0.2) is 11.7 Å². The van der Waals surface area contributed by atoms with Crippen molar-refractivity contribution in [3.8, 4) is 11.3 Å². The van der Waals surface area contributed by atoms with Gasteiger partial charge in [0.1, 0.15) is 0 Å². The van der Waals surface area contributed by atoms with E-state index < -0.39 is 0 Å². The number of aryl methyl sites for hydroxylation is 1. The monoisotopic (exact) mass is 425 g/mol. The standard InChI is InChI=1S/C24H28ClN3O2/c1-3-28(4-2)17-19-9-7-8-18(14-19)15-26-23(29)12-13-24-27-16-22(30-24)20-10-5-6-11-21(20)25/h5-11,14,16H,3-4,12-13,15,17H2,1-2H3,(H,26,29). The fraction of sp³-hybridized carbons (Fsp3) is 0.333. The molecular weight excluding hydrogens is 398 g/mol. The van der Waals surface area contributed by atoms with Crippen LogP contribution in [0.25, 0.3) is 11.3 Å². The van der Waals surface area contributed by atoms with Gasteiger partial charge in [0, 0.05) is 31.5 Å². The van der Waals surface area contributed by atoms with E-state index in [4.69, 9.17) is 16.0 Å². The number of nitrogens with one attached hydrogen (secondary N) is 1. The number of hydrogen-bond acceptors (Lipinski definition) is 4. The Morgan fingerprint density at radius 3 is 2.63 bits per heavy atom. The van der Waals surface area contributed by atoms with Crippen LogP contribution in [-0.4, -0.2) is 28.9 Å². The molecule has 2 aromatic carbocycles. The minimum atomic E-state index is -0.0263. The maximum atomic E-state index is 12.3. The molecule has 1 aromatic heterocycles. The van der Waals surface area contributed by atoms with E-state index in [-0.39, 0.29) is 5.91 Å². The summed E-state index contributed by atoms with van der Waals surface area (Å²) in [6.45, 7) is 7.82. The van der Waals surface area contributed by atoms with Gasteiger partial charge in [-0.05, 0) is 36.3 Å². The molecule has 0 atom stereocenters. The average Bonchev–Trinajstić information content (AvgIpc) is 3.24. The molecule has 3 aromatic rings. The van der Waals surface area contributed by atoms with Crippen molar-refractivity contribution >= 4 is 17.5 Å². The molecule has 0 spiro atoms. The van der Waals surface area contributed by atoms with Gasteiger partial charge in [-0.1, -0.05) is 61.8 Å². The highest BCUT2D eigenvalue weighted by Crippen LogP contribution is 2.28. The average molecular weight is 426 g/mol. The molecule has 0 saturated carbocycles. The lowest BCUT2D eigenvalue weighted by atomic mass is 10.1. The maximum Gasteiger partial charge on any atom is 0.220 e. The molecule has 0 radical (unpaired) electrons. The largest absolute Gasteiger partial charge is 0.441 e. The van der Waals surface area contributed by atoms with Gasteiger partial charge in [-0.15, -0.1) is 0 Å². The number of benzene rings is 2. The van der Waals surface area contributed by atoms with Gasteiger partial charge >= 0.3 is 0 Å². The second-order valence-corrected chi connectivity index (χ2v) is 7.56. The number of carbonyl (C=O) groups excluding carboxylic acids is 1. The van der Waals surface area contributed by atoms with Crippen molar-refractivity contribution in [2.75, 3.05) is 13.1 Å². The van der Waals surface area contributed by atoms with Gasteiger partial charge in [0.05, 0.1) is 11.2 Å². The molecule has 6 heteroatoms. The van der Waals surface area contributed by atoms with E-state index in [0.29, 0.717) is 36.1 Å². The second kappa shape index (κ2) is 11.0. The molecule has 0 bridgehead atoms. The molecule has 158 valence electrons. The smallest absolute Gasteiger partial charge is 0.220 e. The van der Waals surface area contributed by atoms with Gasteiger partial charge in [0.2, 0.25) is 5.91 Å². The number of oxazole rings is 1. The predicted octanol–water partition coefficient (Wildman–Crippen LogP) is 5.09. The molecule has 0 aliphatic rings. The molecule has 0 fully saturated rings. The Morgan fingerprint density at radius 2 is 1.87 bits per heavy atom. The highest BCUT2D eigenvalue weighted by molar-refractivity contribution is 6.33. The summed E-state index contributed by atoms with van der Waals surface area (Å²) in [5.74, 6) is 1.11. The molecule has 5 nitrogen and oxygen atoms in total. The van der Waals surface area contributed by atoms with E-state index in [2.05, 4.69) is 41.2 Å². The van der Waals surface area contributed by atoms with E-state index in [0.717, 1.165) is 30.8 Å². The Kier molecular flexibility index (Phi) is 8.05. The van der Waals surface area contributed by atoms with Crippen molar-refractivity contribution < 1.29 is 9.21 Å². The third kappa shape index (κ3) is 6.18. The fourth-order valence-electron chi connectivity index (χ4n) is 3.26. The summed E-state index contributed by atoms with van der Waals surface area (Å²) in [7, 11) is 0. The number of hydrogen-bond donors (Lipinski definition) is 1. The van der Waals surface area contributed by atoms with E-state index in [9.17, 15) is 4.79 Å². The number of amides is 1. The number of halogens is 1. The minimum absolute atomic E-state index is 0.0263. The molecule has 0 unspecified atom stereocenters. The van der Waals surface area contributed by atoms with Crippen molar-refractivity contribution in [2.24, 2.45) is 0 Å². The van der Waals surface area contributed by atoms with Crippen LogP contribution in [0.15, 0.2) is 59.1 Å². The first-order valence-electron chi connectivity index (χ1n) is 10.4. The highest BCUT2D eigenvalue weighted by atomic mass is 35.5. The summed E-state index contributed by atoms with van der Waals surface area (Å²) in [5, 5.41) is 3.59. The van der Waals surface area contributed by atoms with E-state index in [1.165, 1.54) is 5.56 Å². The molecule has 1 amide bonds. The zero-order valence-electron chi connectivity index (χ0n) is 17.5. The predicted molar refractivity (Wildman–Crippen MR) is 120 cm³/mol. The Labute approximate surface area is 183 Å².